The summed E-state index contributed by atoms with van der Waals surface area (Å²) in [6.45, 7) is 12.3. The first-order valence-electron chi connectivity index (χ1n) is 11.1. The van der Waals surface area contributed by atoms with Crippen molar-refractivity contribution in [1.29, 1.82) is 0 Å². The summed E-state index contributed by atoms with van der Waals surface area (Å²) >= 11 is 0. The van der Waals surface area contributed by atoms with Crippen LogP contribution in [0, 0.1) is 38.0 Å². The molecule has 0 spiro atoms. The minimum absolute atomic E-state index is 0.0743. The number of carbonyl (C=O) groups is 1. The van der Waals surface area contributed by atoms with E-state index in [9.17, 15) is 9.90 Å². The molecule has 3 atom stereocenters. The lowest BCUT2D eigenvalue weighted by Crippen LogP contribution is -2.48. The molecule has 0 aromatic heterocycles. The van der Waals surface area contributed by atoms with Crippen molar-refractivity contribution in [3.05, 3.63) is 40.5 Å². The number of hydrogen-bond acceptors (Lipinski definition) is 4. The predicted molar refractivity (Wildman–Crippen MR) is 122 cm³/mol. The number of rotatable bonds is 9. The lowest BCUT2D eigenvalue weighted by Gasteiger charge is -2.56. The van der Waals surface area contributed by atoms with E-state index in [0.717, 1.165) is 29.2 Å². The van der Waals surface area contributed by atoms with Crippen LogP contribution in [0.2, 0.25) is 0 Å². The number of ether oxygens (including phenoxy) is 1. The maximum atomic E-state index is 12.4. The van der Waals surface area contributed by atoms with Gasteiger partial charge in [0.1, 0.15) is 0 Å². The number of anilines is 1. The van der Waals surface area contributed by atoms with Gasteiger partial charge in [0, 0.05) is 12.2 Å². The summed E-state index contributed by atoms with van der Waals surface area (Å²) in [5.74, 6) is 1.38. The molecule has 0 aliphatic heterocycles. The van der Waals surface area contributed by atoms with Crippen molar-refractivity contribution in [2.45, 2.75) is 53.6 Å². The lowest BCUT2D eigenvalue weighted by atomic mass is 9.49. The molecule has 0 saturated heterocycles. The van der Waals surface area contributed by atoms with Gasteiger partial charge in [0.25, 0.3) is 0 Å². The molecule has 1 aromatic rings. The fourth-order valence-electron chi connectivity index (χ4n) is 5.23. The number of fused-ring (bicyclic) bond motifs is 1. The van der Waals surface area contributed by atoms with Gasteiger partial charge >= 0.3 is 0 Å². The highest BCUT2D eigenvalue weighted by Gasteiger charge is 2.50. The summed E-state index contributed by atoms with van der Waals surface area (Å²) in [5, 5.41) is 13.3. The zero-order valence-corrected chi connectivity index (χ0v) is 19.4. The third-order valence-electron chi connectivity index (χ3n) is 7.04. The molecule has 1 amide bonds. The SMILES string of the molecule is Cc1cc(C)c(NC(=O)CN(C)CC(O)COCC2=CCC3CC2C3(C)C)c(C)c1. The minimum atomic E-state index is -0.614. The zero-order chi connectivity index (χ0) is 22.1. The zero-order valence-electron chi connectivity index (χ0n) is 19.4. The molecule has 3 unspecified atom stereocenters. The topological polar surface area (TPSA) is 61.8 Å². The second-order valence-electron chi connectivity index (χ2n) is 10.0. The van der Waals surface area contributed by atoms with Crippen LogP contribution in [-0.2, 0) is 9.53 Å². The Labute approximate surface area is 181 Å². The third kappa shape index (κ3) is 5.13. The number of likely N-dealkylation sites (N-methyl/N-ethyl adjacent to an activating group) is 1. The maximum Gasteiger partial charge on any atom is 0.238 e. The molecule has 3 aliphatic rings. The smallest absolute Gasteiger partial charge is 0.238 e. The van der Waals surface area contributed by atoms with Gasteiger partial charge in [-0.1, -0.05) is 37.6 Å². The molecule has 4 rings (SSSR count). The van der Waals surface area contributed by atoms with E-state index in [4.69, 9.17) is 4.74 Å². The van der Waals surface area contributed by atoms with Crippen molar-refractivity contribution in [2.24, 2.45) is 17.3 Å². The molecule has 5 nitrogen and oxygen atoms in total. The quantitative estimate of drug-likeness (QED) is 0.603. The predicted octanol–water partition coefficient (Wildman–Crippen LogP) is 3.85. The van der Waals surface area contributed by atoms with Crippen LogP contribution in [0.15, 0.2) is 23.8 Å². The summed E-state index contributed by atoms with van der Waals surface area (Å²) in [6.07, 6.45) is 4.16. The molecule has 166 valence electrons. The highest BCUT2D eigenvalue weighted by molar-refractivity contribution is 5.93. The average molecular weight is 415 g/mol. The van der Waals surface area contributed by atoms with Gasteiger partial charge in [-0.3, -0.25) is 9.69 Å². The monoisotopic (exact) mass is 414 g/mol. The van der Waals surface area contributed by atoms with Crippen LogP contribution in [0.1, 0.15) is 43.4 Å². The summed E-state index contributed by atoms with van der Waals surface area (Å²) in [7, 11) is 1.85. The molecular weight excluding hydrogens is 376 g/mol. The van der Waals surface area contributed by atoms with Gasteiger partial charge in [-0.2, -0.15) is 0 Å². The van der Waals surface area contributed by atoms with E-state index in [-0.39, 0.29) is 19.1 Å². The number of hydrogen-bond donors (Lipinski definition) is 2. The Kier molecular flexibility index (Phi) is 7.05. The van der Waals surface area contributed by atoms with Crippen LogP contribution in [0.5, 0.6) is 0 Å². The van der Waals surface area contributed by atoms with Crippen LogP contribution in [-0.4, -0.2) is 55.4 Å². The van der Waals surface area contributed by atoms with E-state index in [1.54, 1.807) is 0 Å². The van der Waals surface area contributed by atoms with Crippen molar-refractivity contribution in [3.8, 4) is 0 Å². The Balaban J connectivity index is 1.39. The number of nitrogens with zero attached hydrogens (tertiary/aromatic N) is 1. The number of carbonyl (C=O) groups excluding carboxylic acids is 1. The highest BCUT2D eigenvalue weighted by atomic mass is 16.5. The molecule has 2 bridgehead atoms. The van der Waals surface area contributed by atoms with Crippen molar-refractivity contribution in [3.63, 3.8) is 0 Å². The lowest BCUT2D eigenvalue weighted by molar-refractivity contribution is -0.117. The fraction of sp³-hybridized carbons (Fsp3) is 0.640. The van der Waals surface area contributed by atoms with Gasteiger partial charge in [-0.15, -0.1) is 0 Å². The molecule has 1 fully saturated rings. The summed E-state index contributed by atoms with van der Waals surface area (Å²) in [6, 6.07) is 4.14. The van der Waals surface area contributed by atoms with E-state index in [0.29, 0.717) is 24.5 Å². The second-order valence-corrected chi connectivity index (χ2v) is 10.0. The van der Waals surface area contributed by atoms with Gasteiger partial charge in [0.15, 0.2) is 0 Å². The van der Waals surface area contributed by atoms with Crippen LogP contribution < -0.4 is 5.32 Å². The molecule has 1 aromatic carbocycles. The van der Waals surface area contributed by atoms with Crippen LogP contribution in [0.25, 0.3) is 0 Å². The largest absolute Gasteiger partial charge is 0.389 e. The molecule has 3 aliphatic carbocycles. The molecule has 1 saturated carbocycles. The second kappa shape index (κ2) is 9.21. The van der Waals surface area contributed by atoms with Crippen molar-refractivity contribution < 1.29 is 14.6 Å². The van der Waals surface area contributed by atoms with Gasteiger partial charge in [-0.25, -0.2) is 0 Å². The molecule has 0 heterocycles. The number of aryl methyl sites for hydroxylation is 3. The minimum Gasteiger partial charge on any atom is -0.389 e. The van der Waals surface area contributed by atoms with Crippen LogP contribution in [0.3, 0.4) is 0 Å². The first-order chi connectivity index (χ1) is 14.1. The fourth-order valence-corrected chi connectivity index (χ4v) is 5.23. The summed E-state index contributed by atoms with van der Waals surface area (Å²) in [5.41, 5.74) is 5.99. The van der Waals surface area contributed by atoms with Gasteiger partial charge < -0.3 is 15.2 Å². The Morgan fingerprint density at radius 3 is 2.57 bits per heavy atom. The van der Waals surface area contributed by atoms with Gasteiger partial charge in [0.2, 0.25) is 5.91 Å². The van der Waals surface area contributed by atoms with Crippen molar-refractivity contribution in [2.75, 3.05) is 38.7 Å². The number of aliphatic hydroxyl groups is 1. The van der Waals surface area contributed by atoms with Crippen LogP contribution >= 0.6 is 0 Å². The van der Waals surface area contributed by atoms with Crippen molar-refractivity contribution in [1.82, 2.24) is 4.90 Å². The molecule has 5 heteroatoms. The number of aliphatic hydroxyl groups excluding tert-OH is 1. The molecule has 2 N–H and O–H groups in total. The van der Waals surface area contributed by atoms with E-state index >= 15 is 0 Å². The summed E-state index contributed by atoms with van der Waals surface area (Å²) in [4.78, 5) is 14.3. The van der Waals surface area contributed by atoms with E-state index in [1.807, 2.05) is 25.8 Å². The summed E-state index contributed by atoms with van der Waals surface area (Å²) < 4.78 is 5.82. The van der Waals surface area contributed by atoms with Gasteiger partial charge in [0.05, 0.1) is 25.9 Å². The Hall–Kier alpha value is -1.69. The third-order valence-corrected chi connectivity index (χ3v) is 7.04. The maximum absolute atomic E-state index is 12.4. The van der Waals surface area contributed by atoms with E-state index in [1.165, 1.54) is 17.6 Å². The standard InChI is InChI=1S/C25H38N2O3/c1-16-9-17(2)24(18(3)10-16)26-23(29)13-27(6)12-21(28)15-30-14-19-7-8-20-11-22(19)25(20,4)5/h7,9-10,20-22,28H,8,11-15H2,1-6H3,(H,26,29). The highest BCUT2D eigenvalue weighted by Crippen LogP contribution is 2.59. The number of benzene rings is 1. The van der Waals surface area contributed by atoms with Gasteiger partial charge in [-0.05, 0) is 74.6 Å². The average Bonchev–Trinajstić information content (AvgIpc) is 2.64. The molecular formula is C25H38N2O3. The Morgan fingerprint density at radius 1 is 1.30 bits per heavy atom. The number of nitrogens with one attached hydrogen (secondary N) is 1. The van der Waals surface area contributed by atoms with Crippen molar-refractivity contribution >= 4 is 11.6 Å². The van der Waals surface area contributed by atoms with E-state index < -0.39 is 6.10 Å². The number of amides is 1. The Bertz CT molecular complexity index is 792. The number of allylic oxidation sites excluding steroid dienone is 1. The first-order valence-corrected chi connectivity index (χ1v) is 11.1. The van der Waals surface area contributed by atoms with E-state index in [2.05, 4.69) is 44.3 Å². The normalized spacial score (nSPS) is 23.0. The molecule has 30 heavy (non-hydrogen) atoms. The first kappa shape index (κ1) is 23.0. The van der Waals surface area contributed by atoms with Crippen LogP contribution in [0.4, 0.5) is 5.69 Å². The molecule has 0 radical (unpaired) electrons. The Morgan fingerprint density at radius 2 is 1.97 bits per heavy atom.